The summed E-state index contributed by atoms with van der Waals surface area (Å²) < 4.78 is 10.4. The first-order valence-electron chi connectivity index (χ1n) is 7.18. The highest BCUT2D eigenvalue weighted by Gasteiger charge is 2.14. The van der Waals surface area contributed by atoms with Gasteiger partial charge in [0.05, 0.1) is 19.8 Å². The third kappa shape index (κ3) is 3.58. The van der Waals surface area contributed by atoms with Gasteiger partial charge in [0.1, 0.15) is 11.5 Å². The van der Waals surface area contributed by atoms with Crippen molar-refractivity contribution in [2.24, 2.45) is 0 Å². The van der Waals surface area contributed by atoms with Crippen molar-refractivity contribution in [1.82, 2.24) is 0 Å². The van der Waals surface area contributed by atoms with Crippen LogP contribution in [0.3, 0.4) is 0 Å². The van der Waals surface area contributed by atoms with Crippen LogP contribution in [-0.2, 0) is 0 Å². The minimum Gasteiger partial charge on any atom is -0.497 e. The SMILES string of the molecule is COc1ccc(OC)c(C(=O)Nc2cccc(C(C)C)c2)c1. The van der Waals surface area contributed by atoms with E-state index >= 15 is 0 Å². The molecule has 0 heterocycles. The number of carbonyl (C=O) groups excluding carboxylic acids is 1. The molecule has 22 heavy (non-hydrogen) atoms. The summed E-state index contributed by atoms with van der Waals surface area (Å²) >= 11 is 0. The van der Waals surface area contributed by atoms with Crippen LogP contribution in [-0.4, -0.2) is 20.1 Å². The van der Waals surface area contributed by atoms with Gasteiger partial charge in [-0.15, -0.1) is 0 Å². The zero-order valence-corrected chi connectivity index (χ0v) is 13.3. The Hall–Kier alpha value is -2.49. The monoisotopic (exact) mass is 299 g/mol. The van der Waals surface area contributed by atoms with Crippen LogP contribution in [0.1, 0.15) is 35.7 Å². The summed E-state index contributed by atoms with van der Waals surface area (Å²) in [6.07, 6.45) is 0. The normalized spacial score (nSPS) is 10.4. The van der Waals surface area contributed by atoms with Gasteiger partial charge in [-0.25, -0.2) is 0 Å². The molecule has 2 aromatic rings. The Labute approximate surface area is 131 Å². The lowest BCUT2D eigenvalue weighted by atomic mass is 10.0. The zero-order chi connectivity index (χ0) is 16.1. The van der Waals surface area contributed by atoms with Crippen LogP contribution < -0.4 is 14.8 Å². The van der Waals surface area contributed by atoms with E-state index in [0.717, 1.165) is 5.69 Å². The summed E-state index contributed by atoms with van der Waals surface area (Å²) in [7, 11) is 3.10. The summed E-state index contributed by atoms with van der Waals surface area (Å²) in [5, 5.41) is 2.91. The van der Waals surface area contributed by atoms with Crippen LogP contribution in [0.4, 0.5) is 5.69 Å². The topological polar surface area (TPSA) is 47.6 Å². The number of anilines is 1. The van der Waals surface area contributed by atoms with E-state index < -0.39 is 0 Å². The van der Waals surface area contributed by atoms with Crippen molar-refractivity contribution in [2.45, 2.75) is 19.8 Å². The van der Waals surface area contributed by atoms with E-state index in [2.05, 4.69) is 19.2 Å². The maximum atomic E-state index is 12.5. The molecule has 0 saturated heterocycles. The van der Waals surface area contributed by atoms with E-state index in [9.17, 15) is 4.79 Å². The average Bonchev–Trinajstić information content (AvgIpc) is 2.54. The molecule has 0 spiro atoms. The van der Waals surface area contributed by atoms with Crippen LogP contribution in [0, 0.1) is 0 Å². The summed E-state index contributed by atoms with van der Waals surface area (Å²) in [6.45, 7) is 4.23. The van der Waals surface area contributed by atoms with E-state index in [1.807, 2.05) is 24.3 Å². The molecular formula is C18H21NO3. The molecule has 4 nitrogen and oxygen atoms in total. The number of benzene rings is 2. The fraction of sp³-hybridized carbons (Fsp3) is 0.278. The standard InChI is InChI=1S/C18H21NO3/c1-12(2)13-6-5-7-14(10-13)19-18(20)16-11-15(21-3)8-9-17(16)22-4/h5-12H,1-4H3,(H,19,20). The maximum Gasteiger partial charge on any atom is 0.259 e. The van der Waals surface area contributed by atoms with E-state index in [0.29, 0.717) is 23.0 Å². The lowest BCUT2D eigenvalue weighted by Crippen LogP contribution is -2.13. The molecule has 1 amide bonds. The number of ether oxygens (including phenoxy) is 2. The first-order valence-corrected chi connectivity index (χ1v) is 7.18. The second-order valence-corrected chi connectivity index (χ2v) is 5.30. The number of hydrogen-bond acceptors (Lipinski definition) is 3. The number of amides is 1. The van der Waals surface area contributed by atoms with Crippen molar-refractivity contribution in [2.75, 3.05) is 19.5 Å². The molecule has 0 aliphatic rings. The predicted octanol–water partition coefficient (Wildman–Crippen LogP) is 4.08. The van der Waals surface area contributed by atoms with Gasteiger partial charge in [0.25, 0.3) is 5.91 Å². The second-order valence-electron chi connectivity index (χ2n) is 5.30. The van der Waals surface area contributed by atoms with Gasteiger partial charge >= 0.3 is 0 Å². The molecule has 0 bridgehead atoms. The molecule has 0 aliphatic carbocycles. The van der Waals surface area contributed by atoms with E-state index in [-0.39, 0.29) is 5.91 Å². The first-order chi connectivity index (χ1) is 10.5. The van der Waals surface area contributed by atoms with Gasteiger partial charge < -0.3 is 14.8 Å². The van der Waals surface area contributed by atoms with Crippen molar-refractivity contribution < 1.29 is 14.3 Å². The van der Waals surface area contributed by atoms with Crippen LogP contribution in [0.5, 0.6) is 11.5 Å². The smallest absolute Gasteiger partial charge is 0.259 e. The number of carbonyl (C=O) groups is 1. The van der Waals surface area contributed by atoms with E-state index in [1.54, 1.807) is 25.3 Å². The largest absolute Gasteiger partial charge is 0.497 e. The van der Waals surface area contributed by atoms with Crippen LogP contribution in [0.2, 0.25) is 0 Å². The second kappa shape index (κ2) is 6.98. The molecule has 0 saturated carbocycles. The molecule has 0 unspecified atom stereocenters. The number of nitrogens with one attached hydrogen (secondary N) is 1. The fourth-order valence-electron chi connectivity index (χ4n) is 2.17. The number of rotatable bonds is 5. The number of hydrogen-bond donors (Lipinski definition) is 1. The van der Waals surface area contributed by atoms with Gasteiger partial charge in [-0.05, 0) is 41.8 Å². The average molecular weight is 299 g/mol. The molecule has 116 valence electrons. The molecule has 0 aromatic heterocycles. The van der Waals surface area contributed by atoms with Crippen LogP contribution in [0.25, 0.3) is 0 Å². The van der Waals surface area contributed by atoms with Crippen molar-refractivity contribution in [1.29, 1.82) is 0 Å². The minimum atomic E-state index is -0.225. The van der Waals surface area contributed by atoms with Crippen molar-refractivity contribution in [3.05, 3.63) is 53.6 Å². The highest BCUT2D eigenvalue weighted by molar-refractivity contribution is 6.06. The predicted molar refractivity (Wildman–Crippen MR) is 88.0 cm³/mol. The molecule has 2 aromatic carbocycles. The van der Waals surface area contributed by atoms with Gasteiger partial charge in [0.15, 0.2) is 0 Å². The Morgan fingerprint density at radius 3 is 2.45 bits per heavy atom. The molecule has 0 radical (unpaired) electrons. The van der Waals surface area contributed by atoms with Gasteiger partial charge in [-0.1, -0.05) is 26.0 Å². The molecule has 0 fully saturated rings. The summed E-state index contributed by atoms with van der Waals surface area (Å²) in [5.41, 5.74) is 2.38. The van der Waals surface area contributed by atoms with Crippen molar-refractivity contribution in [3.63, 3.8) is 0 Å². The van der Waals surface area contributed by atoms with Crippen LogP contribution >= 0.6 is 0 Å². The summed E-state index contributed by atoms with van der Waals surface area (Å²) in [4.78, 5) is 12.5. The molecular weight excluding hydrogens is 278 g/mol. The Morgan fingerprint density at radius 1 is 1.05 bits per heavy atom. The van der Waals surface area contributed by atoms with Crippen molar-refractivity contribution >= 4 is 11.6 Å². The molecule has 4 heteroatoms. The number of methoxy groups -OCH3 is 2. The highest BCUT2D eigenvalue weighted by Crippen LogP contribution is 2.25. The summed E-state index contributed by atoms with van der Waals surface area (Å²) in [6, 6.07) is 13.0. The lowest BCUT2D eigenvalue weighted by Gasteiger charge is -2.12. The molecule has 0 aliphatic heterocycles. The fourth-order valence-corrected chi connectivity index (χ4v) is 2.17. The third-order valence-electron chi connectivity index (χ3n) is 3.46. The highest BCUT2D eigenvalue weighted by atomic mass is 16.5. The van der Waals surface area contributed by atoms with Crippen LogP contribution in [0.15, 0.2) is 42.5 Å². The Kier molecular flexibility index (Phi) is 5.04. The zero-order valence-electron chi connectivity index (χ0n) is 13.3. The van der Waals surface area contributed by atoms with Crippen molar-refractivity contribution in [3.8, 4) is 11.5 Å². The first kappa shape index (κ1) is 15.9. The quantitative estimate of drug-likeness (QED) is 0.905. The minimum absolute atomic E-state index is 0.225. The van der Waals surface area contributed by atoms with E-state index in [4.69, 9.17) is 9.47 Å². The maximum absolute atomic E-state index is 12.5. The molecule has 1 N–H and O–H groups in total. The van der Waals surface area contributed by atoms with Gasteiger partial charge in [0, 0.05) is 5.69 Å². The van der Waals surface area contributed by atoms with Gasteiger partial charge in [-0.2, -0.15) is 0 Å². The van der Waals surface area contributed by atoms with E-state index in [1.165, 1.54) is 12.7 Å². The lowest BCUT2D eigenvalue weighted by molar-refractivity contribution is 0.102. The molecule has 2 rings (SSSR count). The van der Waals surface area contributed by atoms with Gasteiger partial charge in [-0.3, -0.25) is 4.79 Å². The Morgan fingerprint density at radius 2 is 1.82 bits per heavy atom. The Balaban J connectivity index is 2.27. The molecule has 0 atom stereocenters. The summed E-state index contributed by atoms with van der Waals surface area (Å²) in [5.74, 6) is 1.31. The third-order valence-corrected chi connectivity index (χ3v) is 3.46. The van der Waals surface area contributed by atoms with Gasteiger partial charge in [0.2, 0.25) is 0 Å². The Bertz CT molecular complexity index is 665.